The third-order valence-corrected chi connectivity index (χ3v) is 5.28. The first-order valence-corrected chi connectivity index (χ1v) is 9.88. The van der Waals surface area contributed by atoms with Gasteiger partial charge in [0.2, 0.25) is 5.91 Å². The Morgan fingerprint density at radius 1 is 1.08 bits per heavy atom. The van der Waals surface area contributed by atoms with Gasteiger partial charge in [0.25, 0.3) is 0 Å². The van der Waals surface area contributed by atoms with Crippen molar-refractivity contribution in [1.29, 1.82) is 0 Å². The van der Waals surface area contributed by atoms with Gasteiger partial charge in [0, 0.05) is 30.2 Å². The molecular formula is C20H39N3O2. The predicted octanol–water partition coefficient (Wildman–Crippen LogP) is 2.55. The molecule has 3 unspecified atom stereocenters. The molecule has 0 radical (unpaired) electrons. The van der Waals surface area contributed by atoms with Gasteiger partial charge in [0.15, 0.2) is 0 Å². The van der Waals surface area contributed by atoms with E-state index in [1.165, 1.54) is 0 Å². The Bertz CT molecular complexity index is 450. The van der Waals surface area contributed by atoms with Crippen LogP contribution in [0.3, 0.4) is 0 Å². The molecule has 3 atom stereocenters. The molecule has 146 valence electrons. The lowest BCUT2D eigenvalue weighted by Crippen LogP contribution is -2.64. The molecule has 2 aliphatic rings. The van der Waals surface area contributed by atoms with Gasteiger partial charge in [-0.05, 0) is 60.3 Å². The highest BCUT2D eigenvalue weighted by atomic mass is 16.5. The van der Waals surface area contributed by atoms with E-state index < -0.39 is 0 Å². The van der Waals surface area contributed by atoms with Crippen LogP contribution in [0.15, 0.2) is 0 Å². The van der Waals surface area contributed by atoms with E-state index in [2.05, 4.69) is 70.9 Å². The number of nitrogens with zero attached hydrogens (tertiary/aromatic N) is 1. The van der Waals surface area contributed by atoms with Gasteiger partial charge >= 0.3 is 0 Å². The van der Waals surface area contributed by atoms with Gasteiger partial charge in [0.1, 0.15) is 0 Å². The summed E-state index contributed by atoms with van der Waals surface area (Å²) in [6.45, 7) is 19.0. The summed E-state index contributed by atoms with van der Waals surface area (Å²) in [6, 6.07) is 0.130. The fourth-order valence-corrected chi connectivity index (χ4v) is 5.05. The molecule has 5 heteroatoms. The Hall–Kier alpha value is -0.650. The second kappa shape index (κ2) is 7.53. The van der Waals surface area contributed by atoms with Gasteiger partial charge in [-0.2, -0.15) is 0 Å². The number of carbonyl (C=O) groups excluding carboxylic acids is 1. The number of amides is 1. The van der Waals surface area contributed by atoms with Crippen molar-refractivity contribution in [3.05, 3.63) is 0 Å². The normalized spacial score (nSPS) is 31.7. The quantitative estimate of drug-likeness (QED) is 0.815. The Labute approximate surface area is 154 Å². The summed E-state index contributed by atoms with van der Waals surface area (Å²) < 4.78 is 5.85. The van der Waals surface area contributed by atoms with Crippen molar-refractivity contribution in [2.75, 3.05) is 13.1 Å². The molecule has 0 saturated carbocycles. The van der Waals surface area contributed by atoms with Crippen LogP contribution in [0.5, 0.6) is 0 Å². The average molecular weight is 354 g/mol. The SMILES string of the molecule is CC1CN(C(C(=O)NC2CC(C)(C)NC(C)(C)C2)C(C)C)CC(C)O1. The molecule has 2 aliphatic heterocycles. The van der Waals surface area contributed by atoms with Crippen LogP contribution >= 0.6 is 0 Å². The Morgan fingerprint density at radius 2 is 1.56 bits per heavy atom. The first kappa shape index (κ1) is 20.7. The monoisotopic (exact) mass is 353 g/mol. The van der Waals surface area contributed by atoms with Gasteiger partial charge in [-0.3, -0.25) is 9.69 Å². The minimum atomic E-state index is -0.0880. The van der Waals surface area contributed by atoms with E-state index in [4.69, 9.17) is 4.74 Å². The van der Waals surface area contributed by atoms with Crippen molar-refractivity contribution in [3.8, 4) is 0 Å². The van der Waals surface area contributed by atoms with Crippen molar-refractivity contribution in [2.45, 2.75) is 104 Å². The summed E-state index contributed by atoms with van der Waals surface area (Å²) in [5.41, 5.74) is 0.0734. The van der Waals surface area contributed by atoms with E-state index in [1.54, 1.807) is 0 Å². The summed E-state index contributed by atoms with van der Waals surface area (Å²) in [4.78, 5) is 15.5. The maximum Gasteiger partial charge on any atom is 0.237 e. The van der Waals surface area contributed by atoms with Crippen LogP contribution in [0.4, 0.5) is 0 Å². The number of piperidine rings is 1. The highest BCUT2D eigenvalue weighted by molar-refractivity contribution is 5.82. The molecule has 25 heavy (non-hydrogen) atoms. The molecular weight excluding hydrogens is 314 g/mol. The summed E-state index contributed by atoms with van der Waals surface area (Å²) in [7, 11) is 0. The fourth-order valence-electron chi connectivity index (χ4n) is 5.05. The number of ether oxygens (including phenoxy) is 1. The van der Waals surface area contributed by atoms with Gasteiger partial charge < -0.3 is 15.4 Å². The largest absolute Gasteiger partial charge is 0.373 e. The molecule has 0 spiro atoms. The third-order valence-electron chi connectivity index (χ3n) is 5.28. The molecule has 0 aromatic carbocycles. The Kier molecular flexibility index (Phi) is 6.22. The van der Waals surface area contributed by atoms with Crippen molar-refractivity contribution in [2.24, 2.45) is 5.92 Å². The van der Waals surface area contributed by atoms with Crippen molar-refractivity contribution >= 4 is 5.91 Å². The van der Waals surface area contributed by atoms with Gasteiger partial charge in [-0.25, -0.2) is 0 Å². The molecule has 2 heterocycles. The number of hydrogen-bond acceptors (Lipinski definition) is 4. The second-order valence-corrected chi connectivity index (χ2v) is 9.91. The molecule has 2 fully saturated rings. The molecule has 0 bridgehead atoms. The van der Waals surface area contributed by atoms with E-state index >= 15 is 0 Å². The molecule has 0 aromatic rings. The zero-order valence-electron chi connectivity index (χ0n) is 17.5. The number of hydrogen-bond donors (Lipinski definition) is 2. The van der Waals surface area contributed by atoms with Crippen LogP contribution < -0.4 is 10.6 Å². The summed E-state index contributed by atoms with van der Waals surface area (Å²) in [6.07, 6.45) is 2.27. The van der Waals surface area contributed by atoms with Gasteiger partial charge in [-0.1, -0.05) is 13.8 Å². The predicted molar refractivity (Wildman–Crippen MR) is 103 cm³/mol. The number of nitrogens with one attached hydrogen (secondary N) is 2. The summed E-state index contributed by atoms with van der Waals surface area (Å²) in [5, 5.41) is 7.06. The standard InChI is InChI=1S/C20H39N3O2/c1-13(2)17(23-11-14(3)25-15(4)12-23)18(24)21-16-9-19(5,6)22-20(7,8)10-16/h13-17,22H,9-12H2,1-8H3,(H,21,24). The topological polar surface area (TPSA) is 53.6 Å². The van der Waals surface area contributed by atoms with Crippen LogP contribution in [0.2, 0.25) is 0 Å². The number of rotatable bonds is 4. The van der Waals surface area contributed by atoms with E-state index in [0.717, 1.165) is 25.9 Å². The van der Waals surface area contributed by atoms with Gasteiger partial charge in [-0.15, -0.1) is 0 Å². The Morgan fingerprint density at radius 3 is 2.00 bits per heavy atom. The number of carbonyl (C=O) groups is 1. The highest BCUT2D eigenvalue weighted by Gasteiger charge is 2.40. The lowest BCUT2D eigenvalue weighted by atomic mass is 9.79. The van der Waals surface area contributed by atoms with Crippen LogP contribution in [0, 0.1) is 5.92 Å². The van der Waals surface area contributed by atoms with Crippen LogP contribution in [-0.2, 0) is 9.53 Å². The number of morpholine rings is 1. The van der Waals surface area contributed by atoms with Crippen LogP contribution in [-0.4, -0.2) is 59.3 Å². The highest BCUT2D eigenvalue weighted by Crippen LogP contribution is 2.29. The first-order valence-electron chi connectivity index (χ1n) is 9.88. The molecule has 0 aromatic heterocycles. The second-order valence-electron chi connectivity index (χ2n) is 9.91. The third kappa shape index (κ3) is 5.66. The minimum absolute atomic E-state index is 0.0367. The zero-order chi connectivity index (χ0) is 19.0. The molecule has 0 aliphatic carbocycles. The Balaban J connectivity index is 2.07. The minimum Gasteiger partial charge on any atom is -0.373 e. The molecule has 2 rings (SSSR count). The van der Waals surface area contributed by atoms with Crippen LogP contribution in [0.1, 0.15) is 68.2 Å². The lowest BCUT2D eigenvalue weighted by Gasteiger charge is -2.47. The first-order chi connectivity index (χ1) is 11.4. The molecule has 1 amide bonds. The van der Waals surface area contributed by atoms with E-state index in [9.17, 15) is 4.79 Å². The maximum absolute atomic E-state index is 13.2. The summed E-state index contributed by atoms with van der Waals surface area (Å²) >= 11 is 0. The molecule has 5 nitrogen and oxygen atoms in total. The fraction of sp³-hybridized carbons (Fsp3) is 0.950. The van der Waals surface area contributed by atoms with Crippen LogP contribution in [0.25, 0.3) is 0 Å². The summed E-state index contributed by atoms with van der Waals surface area (Å²) in [5.74, 6) is 0.454. The maximum atomic E-state index is 13.2. The van der Waals surface area contributed by atoms with Crippen molar-refractivity contribution in [1.82, 2.24) is 15.5 Å². The molecule has 2 saturated heterocycles. The lowest BCUT2D eigenvalue weighted by molar-refractivity contribution is -0.136. The van der Waals surface area contributed by atoms with E-state index in [1.807, 2.05) is 0 Å². The smallest absolute Gasteiger partial charge is 0.237 e. The van der Waals surface area contributed by atoms with E-state index in [-0.39, 0.29) is 47.2 Å². The van der Waals surface area contributed by atoms with E-state index in [0.29, 0.717) is 0 Å². The van der Waals surface area contributed by atoms with Crippen molar-refractivity contribution < 1.29 is 9.53 Å². The van der Waals surface area contributed by atoms with Crippen molar-refractivity contribution in [3.63, 3.8) is 0 Å². The van der Waals surface area contributed by atoms with Gasteiger partial charge in [0.05, 0.1) is 18.2 Å². The zero-order valence-corrected chi connectivity index (χ0v) is 17.5. The molecule has 2 N–H and O–H groups in total. The average Bonchev–Trinajstić information content (AvgIpc) is 2.32.